The fourth-order valence-electron chi connectivity index (χ4n) is 3.49. The number of hydrogen-bond donors (Lipinski definition) is 1. The van der Waals surface area contributed by atoms with Crippen LogP contribution in [0.1, 0.15) is 12.0 Å². The van der Waals surface area contributed by atoms with Gasteiger partial charge in [0, 0.05) is 19.6 Å². The minimum absolute atomic E-state index is 0.0717. The van der Waals surface area contributed by atoms with Crippen molar-refractivity contribution in [3.8, 4) is 0 Å². The zero-order valence-electron chi connectivity index (χ0n) is 16.5. The van der Waals surface area contributed by atoms with Crippen molar-refractivity contribution >= 4 is 21.4 Å². The van der Waals surface area contributed by atoms with Crippen molar-refractivity contribution in [1.29, 1.82) is 0 Å². The van der Waals surface area contributed by atoms with Crippen LogP contribution in [0.4, 0.5) is 14.5 Å². The highest BCUT2D eigenvalue weighted by atomic mass is 32.2. The molecular weight excluding hydrogens is 412 g/mol. The van der Waals surface area contributed by atoms with Crippen LogP contribution in [-0.4, -0.2) is 62.6 Å². The molecule has 1 heterocycles. The van der Waals surface area contributed by atoms with Gasteiger partial charge in [-0.1, -0.05) is 42.5 Å². The smallest absolute Gasteiger partial charge is 0.324 e. The second kappa shape index (κ2) is 10.1. The molecular formula is C21H25F2N3O3S. The number of alkyl halides is 2. The Morgan fingerprint density at radius 1 is 0.933 bits per heavy atom. The highest BCUT2D eigenvalue weighted by molar-refractivity contribution is 7.91. The number of amides is 1. The van der Waals surface area contributed by atoms with Crippen LogP contribution >= 0.6 is 0 Å². The summed E-state index contributed by atoms with van der Waals surface area (Å²) in [5, 5.41) is 2.48. The average Bonchev–Trinajstić information content (AvgIpc) is 2.94. The number of para-hydroxylation sites is 1. The number of carbonyl (C=O) groups is 1. The van der Waals surface area contributed by atoms with Crippen molar-refractivity contribution in [2.45, 2.75) is 23.6 Å². The van der Waals surface area contributed by atoms with Crippen molar-refractivity contribution in [2.75, 3.05) is 38.0 Å². The van der Waals surface area contributed by atoms with E-state index >= 15 is 0 Å². The van der Waals surface area contributed by atoms with Crippen LogP contribution in [0, 0.1) is 0 Å². The molecule has 1 saturated heterocycles. The predicted molar refractivity (Wildman–Crippen MR) is 111 cm³/mol. The molecule has 2 aromatic carbocycles. The molecule has 0 radical (unpaired) electrons. The van der Waals surface area contributed by atoms with E-state index < -0.39 is 26.4 Å². The lowest BCUT2D eigenvalue weighted by atomic mass is 10.2. The molecule has 1 aliphatic heterocycles. The minimum Gasteiger partial charge on any atom is -0.324 e. The molecule has 2 aromatic rings. The summed E-state index contributed by atoms with van der Waals surface area (Å²) in [6.07, 6.45) is 0.899. The van der Waals surface area contributed by atoms with Crippen LogP contribution in [-0.2, 0) is 21.2 Å². The summed E-state index contributed by atoms with van der Waals surface area (Å²) in [6.45, 7) is 4.07. The van der Waals surface area contributed by atoms with Gasteiger partial charge in [0.15, 0.2) is 0 Å². The van der Waals surface area contributed by atoms with E-state index in [1.807, 2.05) is 23.1 Å². The maximum atomic E-state index is 12.9. The Morgan fingerprint density at radius 2 is 1.57 bits per heavy atom. The SMILES string of the molecule is O=C(CN1CCCN(Cc2ccccc2)CC1)Nc1ccccc1S(=O)(=O)C(F)F. The van der Waals surface area contributed by atoms with Crippen molar-refractivity contribution in [3.63, 3.8) is 0 Å². The molecule has 0 aliphatic carbocycles. The summed E-state index contributed by atoms with van der Waals surface area (Å²) in [5.41, 5.74) is 1.11. The van der Waals surface area contributed by atoms with Gasteiger partial charge in [-0.2, -0.15) is 8.78 Å². The molecule has 1 fully saturated rings. The van der Waals surface area contributed by atoms with Gasteiger partial charge in [0.05, 0.1) is 17.1 Å². The Hall–Kier alpha value is -2.36. The van der Waals surface area contributed by atoms with Crippen molar-refractivity contribution in [2.24, 2.45) is 0 Å². The summed E-state index contributed by atoms with van der Waals surface area (Å²) in [4.78, 5) is 16.2. The number of rotatable bonds is 7. The molecule has 0 aromatic heterocycles. The lowest BCUT2D eigenvalue weighted by Gasteiger charge is -2.21. The maximum absolute atomic E-state index is 12.9. The monoisotopic (exact) mass is 437 g/mol. The minimum atomic E-state index is -4.80. The fourth-order valence-corrected chi connectivity index (χ4v) is 4.37. The Morgan fingerprint density at radius 3 is 2.30 bits per heavy atom. The van der Waals surface area contributed by atoms with E-state index in [1.165, 1.54) is 23.8 Å². The Balaban J connectivity index is 1.57. The first kappa shape index (κ1) is 22.3. The summed E-state index contributed by atoms with van der Waals surface area (Å²) >= 11 is 0. The first-order chi connectivity index (χ1) is 14.4. The molecule has 1 N–H and O–H groups in total. The largest absolute Gasteiger partial charge is 0.341 e. The van der Waals surface area contributed by atoms with E-state index in [9.17, 15) is 22.0 Å². The normalized spacial score (nSPS) is 16.4. The van der Waals surface area contributed by atoms with Crippen LogP contribution in [0.5, 0.6) is 0 Å². The van der Waals surface area contributed by atoms with Gasteiger partial charge in [0.1, 0.15) is 0 Å². The topological polar surface area (TPSA) is 69.7 Å². The molecule has 162 valence electrons. The number of carbonyl (C=O) groups excluding carboxylic acids is 1. The highest BCUT2D eigenvalue weighted by Gasteiger charge is 2.29. The third-order valence-corrected chi connectivity index (χ3v) is 6.44. The van der Waals surface area contributed by atoms with Crippen LogP contribution in [0.25, 0.3) is 0 Å². The summed E-state index contributed by atoms with van der Waals surface area (Å²) in [7, 11) is -4.80. The second-order valence-corrected chi connectivity index (χ2v) is 9.13. The van der Waals surface area contributed by atoms with Gasteiger partial charge >= 0.3 is 5.76 Å². The molecule has 30 heavy (non-hydrogen) atoms. The third kappa shape index (κ3) is 5.84. The molecule has 9 heteroatoms. The van der Waals surface area contributed by atoms with E-state index in [-0.39, 0.29) is 12.2 Å². The number of hydrogen-bond acceptors (Lipinski definition) is 5. The van der Waals surface area contributed by atoms with E-state index in [0.717, 1.165) is 38.7 Å². The third-order valence-electron chi connectivity index (χ3n) is 5.00. The summed E-state index contributed by atoms with van der Waals surface area (Å²) in [6, 6.07) is 15.4. The van der Waals surface area contributed by atoms with Crippen LogP contribution in [0.3, 0.4) is 0 Å². The molecule has 0 atom stereocenters. The zero-order valence-corrected chi connectivity index (χ0v) is 17.3. The average molecular weight is 438 g/mol. The lowest BCUT2D eigenvalue weighted by Crippen LogP contribution is -2.36. The van der Waals surface area contributed by atoms with Crippen molar-refractivity contribution < 1.29 is 22.0 Å². The van der Waals surface area contributed by atoms with Crippen molar-refractivity contribution in [3.05, 3.63) is 60.2 Å². The Kier molecular flexibility index (Phi) is 7.52. The van der Waals surface area contributed by atoms with E-state index in [0.29, 0.717) is 6.54 Å². The first-order valence-electron chi connectivity index (χ1n) is 9.76. The van der Waals surface area contributed by atoms with E-state index in [4.69, 9.17) is 0 Å². The van der Waals surface area contributed by atoms with Gasteiger partial charge in [-0.05, 0) is 37.2 Å². The molecule has 6 nitrogen and oxygen atoms in total. The van der Waals surface area contributed by atoms with Crippen LogP contribution in [0.2, 0.25) is 0 Å². The first-order valence-corrected chi connectivity index (χ1v) is 11.3. The van der Waals surface area contributed by atoms with Gasteiger partial charge in [-0.15, -0.1) is 0 Å². The van der Waals surface area contributed by atoms with Gasteiger partial charge in [-0.25, -0.2) is 8.42 Å². The number of nitrogens with one attached hydrogen (secondary N) is 1. The Labute approximate surface area is 175 Å². The van der Waals surface area contributed by atoms with Crippen LogP contribution < -0.4 is 5.32 Å². The molecule has 1 amide bonds. The lowest BCUT2D eigenvalue weighted by molar-refractivity contribution is -0.117. The molecule has 0 saturated carbocycles. The molecule has 3 rings (SSSR count). The highest BCUT2D eigenvalue weighted by Crippen LogP contribution is 2.26. The summed E-state index contributed by atoms with van der Waals surface area (Å²) in [5.74, 6) is -3.97. The number of nitrogens with zero attached hydrogens (tertiary/aromatic N) is 2. The van der Waals surface area contributed by atoms with Gasteiger partial charge < -0.3 is 5.32 Å². The van der Waals surface area contributed by atoms with Gasteiger partial charge in [0.2, 0.25) is 15.7 Å². The maximum Gasteiger partial charge on any atom is 0.341 e. The molecule has 0 spiro atoms. The number of benzene rings is 2. The fraction of sp³-hybridized carbons (Fsp3) is 0.381. The standard InChI is InChI=1S/C21H25F2N3O3S/c22-21(23)30(28,29)19-10-5-4-9-18(19)24-20(27)16-26-12-6-11-25(13-14-26)15-17-7-2-1-3-8-17/h1-5,7-10,21H,6,11-16H2,(H,24,27). The quantitative estimate of drug-likeness (QED) is 0.722. The summed E-state index contributed by atoms with van der Waals surface area (Å²) < 4.78 is 49.5. The number of halogens is 2. The van der Waals surface area contributed by atoms with Crippen molar-refractivity contribution in [1.82, 2.24) is 9.80 Å². The Bertz CT molecular complexity index is 955. The van der Waals surface area contributed by atoms with E-state index in [2.05, 4.69) is 22.3 Å². The van der Waals surface area contributed by atoms with E-state index in [1.54, 1.807) is 0 Å². The van der Waals surface area contributed by atoms with Crippen LogP contribution in [0.15, 0.2) is 59.5 Å². The van der Waals surface area contributed by atoms with Gasteiger partial charge in [0.25, 0.3) is 0 Å². The zero-order chi connectivity index (χ0) is 21.6. The molecule has 1 aliphatic rings. The second-order valence-electron chi connectivity index (χ2n) is 7.24. The molecule has 0 unspecified atom stereocenters. The molecule has 0 bridgehead atoms. The van der Waals surface area contributed by atoms with Gasteiger partial charge in [-0.3, -0.25) is 14.6 Å². The number of anilines is 1. The predicted octanol–water partition coefficient (Wildman–Crippen LogP) is 2.83. The number of sulfone groups is 1.